The first-order chi connectivity index (χ1) is 10.5. The van der Waals surface area contributed by atoms with Crippen LogP contribution in [0.3, 0.4) is 0 Å². The van der Waals surface area contributed by atoms with Crippen molar-refractivity contribution in [3.63, 3.8) is 0 Å². The van der Waals surface area contributed by atoms with E-state index in [9.17, 15) is 18.0 Å². The van der Waals surface area contributed by atoms with Crippen LogP contribution in [0.1, 0.15) is 16.1 Å². The van der Waals surface area contributed by atoms with Crippen LogP contribution in [0.2, 0.25) is 0 Å². The summed E-state index contributed by atoms with van der Waals surface area (Å²) in [5.74, 6) is -4.23. The van der Waals surface area contributed by atoms with Crippen LogP contribution in [0.5, 0.6) is 5.88 Å². The number of rotatable bonds is 1. The molecule has 1 amide bonds. The van der Waals surface area contributed by atoms with Crippen molar-refractivity contribution in [2.24, 2.45) is 0 Å². The van der Waals surface area contributed by atoms with Crippen LogP contribution in [0.25, 0.3) is 0 Å². The Morgan fingerprint density at radius 2 is 1.91 bits per heavy atom. The van der Waals surface area contributed by atoms with Gasteiger partial charge in [0.1, 0.15) is 35.3 Å². The SMILES string of the molecule is Cc1ccc2c(n1)OCCN2C(=O)c1c(F)cc(F)cc1F. The number of halogens is 3. The van der Waals surface area contributed by atoms with Crippen LogP contribution in [0.15, 0.2) is 24.3 Å². The molecule has 114 valence electrons. The number of carbonyl (C=O) groups is 1. The summed E-state index contributed by atoms with van der Waals surface area (Å²) in [7, 11) is 0. The third-order valence-corrected chi connectivity index (χ3v) is 3.29. The average molecular weight is 308 g/mol. The molecule has 1 aliphatic rings. The first kappa shape index (κ1) is 14.4. The number of anilines is 1. The number of benzene rings is 1. The lowest BCUT2D eigenvalue weighted by molar-refractivity contribution is 0.0967. The summed E-state index contributed by atoms with van der Waals surface area (Å²) in [5.41, 5.74) is 0.215. The number of aryl methyl sites for hydroxylation is 1. The van der Waals surface area contributed by atoms with Gasteiger partial charge in [0.25, 0.3) is 5.91 Å². The van der Waals surface area contributed by atoms with E-state index in [1.807, 2.05) is 0 Å². The first-order valence-electron chi connectivity index (χ1n) is 6.54. The van der Waals surface area contributed by atoms with Crippen molar-refractivity contribution < 1.29 is 22.7 Å². The van der Waals surface area contributed by atoms with E-state index < -0.39 is 28.9 Å². The Kier molecular flexibility index (Phi) is 3.48. The molecule has 4 nitrogen and oxygen atoms in total. The molecule has 0 spiro atoms. The van der Waals surface area contributed by atoms with Gasteiger partial charge in [-0.25, -0.2) is 18.2 Å². The molecule has 0 saturated heterocycles. The topological polar surface area (TPSA) is 42.4 Å². The van der Waals surface area contributed by atoms with E-state index >= 15 is 0 Å². The van der Waals surface area contributed by atoms with Gasteiger partial charge < -0.3 is 4.74 Å². The van der Waals surface area contributed by atoms with Gasteiger partial charge in [0.2, 0.25) is 5.88 Å². The molecule has 1 aliphatic heterocycles. The second-order valence-corrected chi connectivity index (χ2v) is 4.83. The summed E-state index contributed by atoms with van der Waals surface area (Å²) < 4.78 is 45.9. The highest BCUT2D eigenvalue weighted by molar-refractivity contribution is 6.07. The van der Waals surface area contributed by atoms with E-state index in [4.69, 9.17) is 4.74 Å². The van der Waals surface area contributed by atoms with Crippen molar-refractivity contribution in [1.29, 1.82) is 0 Å². The van der Waals surface area contributed by atoms with Gasteiger partial charge in [-0.3, -0.25) is 9.69 Å². The van der Waals surface area contributed by atoms with E-state index in [-0.39, 0.29) is 19.0 Å². The standard InChI is InChI=1S/C15H11F3N2O2/c1-8-2-3-12-14(19-8)22-5-4-20(12)15(21)13-10(17)6-9(16)7-11(13)18/h2-3,6-7H,4-5H2,1H3. The van der Waals surface area contributed by atoms with E-state index in [0.717, 1.165) is 0 Å². The van der Waals surface area contributed by atoms with Crippen molar-refractivity contribution in [3.8, 4) is 5.88 Å². The predicted molar refractivity (Wildman–Crippen MR) is 72.5 cm³/mol. The number of nitrogens with zero attached hydrogens (tertiary/aromatic N) is 2. The molecule has 1 aromatic carbocycles. The van der Waals surface area contributed by atoms with Gasteiger partial charge in [0.15, 0.2) is 0 Å². The number of pyridine rings is 1. The molecule has 2 heterocycles. The molecule has 0 bridgehead atoms. The van der Waals surface area contributed by atoms with E-state index in [0.29, 0.717) is 23.5 Å². The summed E-state index contributed by atoms with van der Waals surface area (Å²) in [4.78, 5) is 17.7. The van der Waals surface area contributed by atoms with Gasteiger partial charge in [-0.2, -0.15) is 0 Å². The predicted octanol–water partition coefficient (Wildman–Crippen LogP) is 2.85. The summed E-state index contributed by atoms with van der Waals surface area (Å²) in [6, 6.07) is 4.20. The molecule has 0 fully saturated rings. The molecule has 0 atom stereocenters. The van der Waals surface area contributed by atoms with Gasteiger partial charge >= 0.3 is 0 Å². The normalized spacial score (nSPS) is 13.5. The Hall–Kier alpha value is -2.57. The molecule has 0 saturated carbocycles. The minimum absolute atomic E-state index is 0.118. The van der Waals surface area contributed by atoms with Crippen LogP contribution >= 0.6 is 0 Å². The van der Waals surface area contributed by atoms with Crippen molar-refractivity contribution in [1.82, 2.24) is 4.98 Å². The summed E-state index contributed by atoms with van der Waals surface area (Å²) in [5, 5.41) is 0. The fraction of sp³-hybridized carbons (Fsp3) is 0.200. The number of amides is 1. The van der Waals surface area contributed by atoms with Crippen molar-refractivity contribution in [2.45, 2.75) is 6.92 Å². The fourth-order valence-electron chi connectivity index (χ4n) is 2.28. The smallest absolute Gasteiger partial charge is 0.264 e. The summed E-state index contributed by atoms with van der Waals surface area (Å²) in [6.07, 6.45) is 0. The monoisotopic (exact) mass is 308 g/mol. The maximum absolute atomic E-state index is 13.8. The zero-order valence-corrected chi connectivity index (χ0v) is 11.6. The Bertz CT molecular complexity index is 741. The number of carbonyl (C=O) groups excluding carboxylic acids is 1. The van der Waals surface area contributed by atoms with Gasteiger partial charge in [-0.05, 0) is 19.1 Å². The minimum Gasteiger partial charge on any atom is -0.474 e. The van der Waals surface area contributed by atoms with Crippen LogP contribution in [0, 0.1) is 24.4 Å². The lowest BCUT2D eigenvalue weighted by Crippen LogP contribution is -2.39. The third kappa shape index (κ3) is 2.38. The number of aromatic nitrogens is 1. The van der Waals surface area contributed by atoms with Gasteiger partial charge in [-0.15, -0.1) is 0 Å². The summed E-state index contributed by atoms with van der Waals surface area (Å²) in [6.45, 7) is 2.02. The molecular weight excluding hydrogens is 297 g/mol. The number of ether oxygens (including phenoxy) is 1. The van der Waals surface area contributed by atoms with E-state index in [1.54, 1.807) is 19.1 Å². The van der Waals surface area contributed by atoms with Gasteiger partial charge in [0.05, 0.1) is 6.54 Å². The highest BCUT2D eigenvalue weighted by atomic mass is 19.1. The van der Waals surface area contributed by atoms with Gasteiger partial charge in [-0.1, -0.05) is 0 Å². The Morgan fingerprint density at radius 3 is 2.59 bits per heavy atom. The van der Waals surface area contributed by atoms with Crippen molar-refractivity contribution >= 4 is 11.6 Å². The third-order valence-electron chi connectivity index (χ3n) is 3.29. The molecule has 1 aromatic heterocycles. The maximum Gasteiger partial charge on any atom is 0.264 e. The van der Waals surface area contributed by atoms with Crippen LogP contribution in [-0.4, -0.2) is 24.0 Å². The average Bonchev–Trinajstić information content (AvgIpc) is 2.45. The highest BCUT2D eigenvalue weighted by Crippen LogP contribution is 2.31. The maximum atomic E-state index is 13.8. The zero-order chi connectivity index (χ0) is 15.9. The van der Waals surface area contributed by atoms with Gasteiger partial charge in [0, 0.05) is 17.8 Å². The molecule has 0 aliphatic carbocycles. The molecule has 2 aromatic rings. The first-order valence-corrected chi connectivity index (χ1v) is 6.54. The Labute approximate surface area is 124 Å². The molecule has 0 N–H and O–H groups in total. The lowest BCUT2D eigenvalue weighted by Gasteiger charge is -2.29. The number of hydrogen-bond acceptors (Lipinski definition) is 3. The highest BCUT2D eigenvalue weighted by Gasteiger charge is 2.30. The number of fused-ring (bicyclic) bond motifs is 1. The fourth-order valence-corrected chi connectivity index (χ4v) is 2.28. The Balaban J connectivity index is 2.05. The zero-order valence-electron chi connectivity index (χ0n) is 11.6. The van der Waals surface area contributed by atoms with E-state index in [2.05, 4.69) is 4.98 Å². The second kappa shape index (κ2) is 5.32. The quantitative estimate of drug-likeness (QED) is 0.813. The van der Waals surface area contributed by atoms with E-state index in [1.165, 1.54) is 4.90 Å². The molecule has 22 heavy (non-hydrogen) atoms. The minimum atomic E-state index is -1.24. The number of hydrogen-bond donors (Lipinski definition) is 0. The van der Waals surface area contributed by atoms with Crippen LogP contribution in [-0.2, 0) is 0 Å². The van der Waals surface area contributed by atoms with Crippen molar-refractivity contribution in [3.05, 3.63) is 53.0 Å². The molecule has 7 heteroatoms. The van der Waals surface area contributed by atoms with Crippen LogP contribution in [0.4, 0.5) is 18.9 Å². The lowest BCUT2D eigenvalue weighted by atomic mass is 10.1. The van der Waals surface area contributed by atoms with Crippen LogP contribution < -0.4 is 9.64 Å². The largest absolute Gasteiger partial charge is 0.474 e. The molecule has 0 radical (unpaired) electrons. The Morgan fingerprint density at radius 1 is 1.23 bits per heavy atom. The summed E-state index contributed by atoms with van der Waals surface area (Å²) >= 11 is 0. The molecule has 0 unspecified atom stereocenters. The van der Waals surface area contributed by atoms with Crippen molar-refractivity contribution in [2.75, 3.05) is 18.1 Å². The second-order valence-electron chi connectivity index (χ2n) is 4.83. The molecular formula is C15H11F3N2O2. The molecule has 3 rings (SSSR count).